The molecule has 4 rings (SSSR count). The maximum atomic E-state index is 13.1. The van der Waals surface area contributed by atoms with Gasteiger partial charge in [0.15, 0.2) is 5.78 Å². The Bertz CT molecular complexity index is 1530. The Labute approximate surface area is 196 Å². The van der Waals surface area contributed by atoms with Gasteiger partial charge in [-0.15, -0.1) is 0 Å². The predicted molar refractivity (Wildman–Crippen MR) is 115 cm³/mol. The molecule has 0 saturated heterocycles. The van der Waals surface area contributed by atoms with Gasteiger partial charge in [-0.25, -0.2) is 0 Å². The summed E-state index contributed by atoms with van der Waals surface area (Å²) in [6.07, 6.45) is -4.74. The van der Waals surface area contributed by atoms with Gasteiger partial charge in [-0.3, -0.25) is 39.9 Å². The molecule has 15 heteroatoms. The van der Waals surface area contributed by atoms with Gasteiger partial charge in [-0.2, -0.15) is 13.2 Å². The van der Waals surface area contributed by atoms with Crippen molar-refractivity contribution in [3.63, 3.8) is 0 Å². The van der Waals surface area contributed by atoms with Crippen LogP contribution < -0.4 is 5.32 Å². The second-order valence-electron chi connectivity index (χ2n) is 7.44. The number of nitro groups is 3. The van der Waals surface area contributed by atoms with E-state index in [9.17, 15) is 53.1 Å². The molecule has 0 radical (unpaired) electrons. The van der Waals surface area contributed by atoms with Crippen molar-refractivity contribution in [2.24, 2.45) is 0 Å². The number of non-ortho nitro benzene ring substituents is 2. The van der Waals surface area contributed by atoms with E-state index in [1.165, 1.54) is 0 Å². The first-order valence-corrected chi connectivity index (χ1v) is 9.62. The number of alkyl halides is 3. The van der Waals surface area contributed by atoms with Crippen LogP contribution in [0.15, 0.2) is 48.5 Å². The fraction of sp³-hybridized carbons (Fsp3) is 0.0476. The third-order valence-corrected chi connectivity index (χ3v) is 5.28. The summed E-state index contributed by atoms with van der Waals surface area (Å²) in [5, 5.41) is 36.5. The van der Waals surface area contributed by atoms with E-state index in [4.69, 9.17) is 0 Å². The highest BCUT2D eigenvalue weighted by atomic mass is 19.4. The molecule has 0 saturated carbocycles. The molecule has 1 N–H and O–H groups in total. The molecule has 0 fully saturated rings. The lowest BCUT2D eigenvalue weighted by Crippen LogP contribution is -2.15. The van der Waals surface area contributed by atoms with E-state index in [0.29, 0.717) is 18.2 Å². The van der Waals surface area contributed by atoms with Crippen LogP contribution in [-0.4, -0.2) is 26.5 Å². The number of carbonyl (C=O) groups excluding carboxylic acids is 2. The normalized spacial score (nSPS) is 12.0. The molecule has 1 aliphatic carbocycles. The van der Waals surface area contributed by atoms with Crippen molar-refractivity contribution < 1.29 is 37.5 Å². The van der Waals surface area contributed by atoms with Crippen LogP contribution in [0.3, 0.4) is 0 Å². The monoisotopic (exact) mass is 502 g/mol. The summed E-state index contributed by atoms with van der Waals surface area (Å²) in [4.78, 5) is 57.4. The number of amides is 1. The number of benzene rings is 3. The molecule has 3 aromatic rings. The molecule has 0 aliphatic heterocycles. The zero-order valence-corrected chi connectivity index (χ0v) is 17.4. The quantitative estimate of drug-likeness (QED) is 0.296. The number of nitrogens with zero attached hydrogens (tertiary/aromatic N) is 3. The Balaban J connectivity index is 1.94. The third-order valence-electron chi connectivity index (χ3n) is 5.28. The number of fused-ring (bicyclic) bond motifs is 3. The standard InChI is InChI=1S/C21H9F3N4O8/c22-21(23,24)9-2-1-3-10(4-9)25-20(30)15-7-11(26(31)32)5-13-17(15)18-14(19(13)29)6-12(27(33)34)8-16(18)28(35)36/h1-8H,(H,25,30). The first-order chi connectivity index (χ1) is 16.8. The lowest BCUT2D eigenvalue weighted by atomic mass is 9.96. The van der Waals surface area contributed by atoms with Crippen molar-refractivity contribution in [3.05, 3.63) is 101 Å². The van der Waals surface area contributed by atoms with Crippen molar-refractivity contribution in [2.45, 2.75) is 6.18 Å². The van der Waals surface area contributed by atoms with Gasteiger partial charge in [-0.1, -0.05) is 6.07 Å². The largest absolute Gasteiger partial charge is 0.416 e. The van der Waals surface area contributed by atoms with Gasteiger partial charge in [0.1, 0.15) is 0 Å². The molecule has 0 bridgehead atoms. The first-order valence-electron chi connectivity index (χ1n) is 9.62. The zero-order valence-electron chi connectivity index (χ0n) is 17.4. The van der Waals surface area contributed by atoms with Crippen LogP contribution in [0.1, 0.15) is 31.8 Å². The molecular formula is C21H9F3N4O8. The minimum absolute atomic E-state index is 0.349. The van der Waals surface area contributed by atoms with Crippen LogP contribution in [-0.2, 0) is 6.18 Å². The number of nitro benzene ring substituents is 3. The summed E-state index contributed by atoms with van der Waals surface area (Å²) in [5.41, 5.74) is -6.47. The summed E-state index contributed by atoms with van der Waals surface area (Å²) < 4.78 is 39.1. The molecule has 0 spiro atoms. The Morgan fingerprint density at radius 1 is 0.806 bits per heavy atom. The third kappa shape index (κ3) is 3.97. The number of halogens is 3. The van der Waals surface area contributed by atoms with Crippen molar-refractivity contribution in [2.75, 3.05) is 5.32 Å². The molecule has 1 aliphatic rings. The summed E-state index contributed by atoms with van der Waals surface area (Å²) in [5.74, 6) is -2.24. The van der Waals surface area contributed by atoms with Crippen molar-refractivity contribution in [3.8, 4) is 11.1 Å². The fourth-order valence-corrected chi connectivity index (χ4v) is 3.78. The second-order valence-corrected chi connectivity index (χ2v) is 7.44. The van der Waals surface area contributed by atoms with E-state index < -0.39 is 83.1 Å². The minimum Gasteiger partial charge on any atom is -0.322 e. The molecule has 36 heavy (non-hydrogen) atoms. The summed E-state index contributed by atoms with van der Waals surface area (Å²) in [7, 11) is 0. The molecule has 0 unspecified atom stereocenters. The topological polar surface area (TPSA) is 176 Å². The molecular weight excluding hydrogens is 493 g/mol. The van der Waals surface area contributed by atoms with Gasteiger partial charge in [0.05, 0.1) is 37.5 Å². The van der Waals surface area contributed by atoms with Crippen LogP contribution in [0, 0.1) is 30.3 Å². The van der Waals surface area contributed by atoms with Gasteiger partial charge in [-0.05, 0) is 18.2 Å². The molecule has 0 heterocycles. The maximum absolute atomic E-state index is 13.1. The molecule has 1 amide bonds. The van der Waals surface area contributed by atoms with Gasteiger partial charge < -0.3 is 5.32 Å². The van der Waals surface area contributed by atoms with Crippen LogP contribution in [0.2, 0.25) is 0 Å². The SMILES string of the molecule is O=C(Nc1cccc(C(F)(F)F)c1)c1cc([N+](=O)[O-])cc2c1-c1c(cc([N+](=O)[O-])cc1[N+](=O)[O-])C2=O. The Morgan fingerprint density at radius 2 is 1.39 bits per heavy atom. The molecule has 182 valence electrons. The number of nitrogens with one attached hydrogen (secondary N) is 1. The highest BCUT2D eigenvalue weighted by Crippen LogP contribution is 2.47. The van der Waals surface area contributed by atoms with E-state index in [1.807, 2.05) is 0 Å². The number of anilines is 1. The van der Waals surface area contributed by atoms with E-state index in [1.54, 1.807) is 0 Å². The highest BCUT2D eigenvalue weighted by molar-refractivity contribution is 6.27. The summed E-state index contributed by atoms with van der Waals surface area (Å²) in [6.45, 7) is 0. The number of hydrogen-bond acceptors (Lipinski definition) is 8. The molecule has 12 nitrogen and oxygen atoms in total. The number of carbonyl (C=O) groups is 2. The lowest BCUT2D eigenvalue weighted by Gasteiger charge is -2.12. The second kappa shape index (κ2) is 8.23. The van der Waals surface area contributed by atoms with Gasteiger partial charge >= 0.3 is 6.18 Å². The van der Waals surface area contributed by atoms with Crippen molar-refractivity contribution in [1.82, 2.24) is 0 Å². The Hall–Kier alpha value is -5.21. The lowest BCUT2D eigenvalue weighted by molar-refractivity contribution is -0.393. The van der Waals surface area contributed by atoms with E-state index in [-0.39, 0.29) is 5.69 Å². The van der Waals surface area contributed by atoms with Gasteiger partial charge in [0, 0.05) is 40.6 Å². The summed E-state index contributed by atoms with van der Waals surface area (Å²) in [6, 6.07) is 6.21. The average molecular weight is 502 g/mol. The van der Waals surface area contributed by atoms with Crippen molar-refractivity contribution >= 4 is 34.4 Å². The van der Waals surface area contributed by atoms with Gasteiger partial charge in [0.2, 0.25) is 0 Å². The van der Waals surface area contributed by atoms with Crippen LogP contribution in [0.5, 0.6) is 0 Å². The number of hydrogen-bond donors (Lipinski definition) is 1. The van der Waals surface area contributed by atoms with Crippen LogP contribution in [0.25, 0.3) is 11.1 Å². The highest BCUT2D eigenvalue weighted by Gasteiger charge is 2.40. The van der Waals surface area contributed by atoms with Gasteiger partial charge in [0.25, 0.3) is 23.0 Å². The van der Waals surface area contributed by atoms with Crippen molar-refractivity contribution in [1.29, 1.82) is 0 Å². The summed E-state index contributed by atoms with van der Waals surface area (Å²) >= 11 is 0. The van der Waals surface area contributed by atoms with E-state index in [2.05, 4.69) is 5.32 Å². The molecule has 0 aromatic heterocycles. The minimum atomic E-state index is -4.74. The average Bonchev–Trinajstić information content (AvgIpc) is 3.09. The molecule has 3 aromatic carbocycles. The smallest absolute Gasteiger partial charge is 0.322 e. The van der Waals surface area contributed by atoms with E-state index in [0.717, 1.165) is 30.3 Å². The number of ketones is 1. The Morgan fingerprint density at radius 3 is 1.94 bits per heavy atom. The molecule has 0 atom stereocenters. The number of rotatable bonds is 5. The fourth-order valence-electron chi connectivity index (χ4n) is 3.78. The predicted octanol–water partition coefficient (Wildman–Crippen LogP) is 4.89. The zero-order chi connectivity index (χ0) is 26.5. The van der Waals surface area contributed by atoms with Crippen LogP contribution >= 0.6 is 0 Å². The van der Waals surface area contributed by atoms with E-state index >= 15 is 0 Å². The van der Waals surface area contributed by atoms with Crippen LogP contribution in [0.4, 0.5) is 35.9 Å². The first kappa shape index (κ1) is 23.9. The Kier molecular flexibility index (Phi) is 5.47. The maximum Gasteiger partial charge on any atom is 0.416 e.